The average Bonchev–Trinajstić information content (AvgIpc) is 3.61. The number of para-hydroxylation sites is 1. The first-order valence-corrected chi connectivity index (χ1v) is 15.9. The maximum Gasteiger partial charge on any atom is 4.00 e. The van der Waals surface area contributed by atoms with Crippen molar-refractivity contribution >= 4 is 44.6 Å². The second-order valence-electron chi connectivity index (χ2n) is 13.8. The van der Waals surface area contributed by atoms with Crippen molar-refractivity contribution in [3.63, 3.8) is 0 Å². The summed E-state index contributed by atoms with van der Waals surface area (Å²) in [6, 6.07) is 32.1. The quantitative estimate of drug-likeness (QED) is 0.132. The van der Waals surface area contributed by atoms with Crippen LogP contribution in [0.5, 0.6) is 0 Å². The predicted octanol–water partition coefficient (Wildman–Crippen LogP) is 8.62. The van der Waals surface area contributed by atoms with E-state index in [4.69, 9.17) is 0 Å². The molecule has 0 bridgehead atoms. The van der Waals surface area contributed by atoms with E-state index in [9.17, 15) is 0 Å². The summed E-state index contributed by atoms with van der Waals surface area (Å²) >= 11 is 0. The number of aromatic nitrogens is 3. The number of imidazole rings is 1. The Hall–Kier alpha value is -4.28. The second-order valence-corrected chi connectivity index (χ2v) is 13.8. The largest absolute Gasteiger partial charge is 4.00 e. The van der Waals surface area contributed by atoms with Crippen LogP contribution in [0.4, 0.5) is 22.7 Å². The topological polar surface area (TPSA) is 23.5 Å². The van der Waals surface area contributed by atoms with Crippen LogP contribution in [0, 0.1) is 39.0 Å². The number of benzene rings is 4. The number of anilines is 4. The van der Waals surface area contributed by atoms with E-state index in [2.05, 4.69) is 171 Å². The summed E-state index contributed by atoms with van der Waals surface area (Å²) in [5, 5.41) is 2.51. The SMILES string of the molecule is CC1=C(C)N(c2[c-]c3c(cc2)-n2c4ccc(C(C)(C)C)cc4c4cccc(c42)N3c2[c-]c(-n3[c-][n+](C)c(C)c3C)ccc2)[CH-]N1C.[Pt+4]. The summed E-state index contributed by atoms with van der Waals surface area (Å²) in [4.78, 5) is 6.74. The Labute approximate surface area is 292 Å². The summed E-state index contributed by atoms with van der Waals surface area (Å²) in [6.07, 6.45) is 3.46. The van der Waals surface area contributed by atoms with Gasteiger partial charge in [-0.05, 0) is 81.0 Å². The Bertz CT molecular complexity index is 2260. The van der Waals surface area contributed by atoms with Crippen molar-refractivity contribution in [2.45, 2.75) is 53.9 Å². The van der Waals surface area contributed by atoms with E-state index in [-0.39, 0.29) is 26.5 Å². The van der Waals surface area contributed by atoms with Crippen LogP contribution in [0.3, 0.4) is 0 Å². The molecule has 0 radical (unpaired) electrons. The molecule has 0 saturated heterocycles. The number of aryl methyl sites for hydroxylation is 1. The van der Waals surface area contributed by atoms with Gasteiger partial charge in [-0.2, -0.15) is 24.9 Å². The number of rotatable bonds is 3. The standard InChI is InChI=1S/C40H39N6.Pt/c1-25-27(3)43(23-41(25)8)30-12-10-13-32(21-30)45-37-15-11-14-33-34-20-29(40(5,6)7)16-18-35(34)46(39(33)37)36-19-17-31(22-38(36)45)44-24-42(9)26(2)28(44)4;/h10-20,24H,1-9H3;/q-3;+4. The molecule has 0 saturated carbocycles. The molecule has 4 heterocycles. The van der Waals surface area contributed by atoms with Gasteiger partial charge < -0.3 is 28.4 Å². The molecule has 8 rings (SSSR count). The average molecular weight is 799 g/mol. The maximum atomic E-state index is 3.88. The summed E-state index contributed by atoms with van der Waals surface area (Å²) in [6.45, 7) is 17.6. The van der Waals surface area contributed by atoms with Gasteiger partial charge in [0.1, 0.15) is 0 Å². The van der Waals surface area contributed by atoms with Crippen LogP contribution in [0.1, 0.15) is 51.6 Å². The molecule has 0 atom stereocenters. The van der Waals surface area contributed by atoms with Crippen LogP contribution in [-0.4, -0.2) is 21.1 Å². The number of fused-ring (bicyclic) bond motifs is 5. The minimum absolute atomic E-state index is 0. The second kappa shape index (κ2) is 10.9. The van der Waals surface area contributed by atoms with E-state index in [1.54, 1.807) is 0 Å². The van der Waals surface area contributed by atoms with Crippen molar-refractivity contribution in [2.24, 2.45) is 7.05 Å². The molecular formula is C40H39N6Pt+. The third-order valence-corrected chi connectivity index (χ3v) is 10.0. The molecule has 6 nitrogen and oxygen atoms in total. The van der Waals surface area contributed by atoms with Crippen molar-refractivity contribution in [2.75, 3.05) is 16.8 Å². The van der Waals surface area contributed by atoms with Gasteiger partial charge in [0.2, 0.25) is 6.33 Å². The molecule has 4 aromatic carbocycles. The van der Waals surface area contributed by atoms with Gasteiger partial charge >= 0.3 is 21.1 Å². The normalized spacial score (nSPS) is 14.4. The number of hydrogen-bond donors (Lipinski definition) is 0. The van der Waals surface area contributed by atoms with Gasteiger partial charge in [-0.1, -0.05) is 50.3 Å². The van der Waals surface area contributed by atoms with Gasteiger partial charge in [-0.3, -0.25) is 0 Å². The first-order valence-electron chi connectivity index (χ1n) is 15.9. The zero-order valence-electron chi connectivity index (χ0n) is 28.4. The van der Waals surface area contributed by atoms with Crippen molar-refractivity contribution in [1.82, 2.24) is 14.0 Å². The zero-order chi connectivity index (χ0) is 32.2. The maximum absolute atomic E-state index is 3.88. The third-order valence-electron chi connectivity index (χ3n) is 10.0. The summed E-state index contributed by atoms with van der Waals surface area (Å²) in [5.74, 6) is 0. The van der Waals surface area contributed by atoms with Crippen LogP contribution < -0.4 is 14.4 Å². The van der Waals surface area contributed by atoms with Crippen molar-refractivity contribution in [3.8, 4) is 11.4 Å². The van der Waals surface area contributed by atoms with Gasteiger partial charge in [0.25, 0.3) is 0 Å². The van der Waals surface area contributed by atoms with Crippen molar-refractivity contribution < 1.29 is 25.6 Å². The first kappa shape index (κ1) is 31.3. The Morgan fingerprint density at radius 2 is 1.51 bits per heavy atom. The van der Waals surface area contributed by atoms with Crippen LogP contribution >= 0.6 is 0 Å². The summed E-state index contributed by atoms with van der Waals surface area (Å²) in [5.41, 5.74) is 14.6. The van der Waals surface area contributed by atoms with E-state index in [0.717, 1.165) is 39.8 Å². The molecule has 7 heteroatoms. The fourth-order valence-electron chi connectivity index (χ4n) is 6.94. The molecule has 2 aromatic heterocycles. The molecule has 2 aliphatic rings. The number of nitrogens with zero attached hydrogens (tertiary/aromatic N) is 6. The first-order chi connectivity index (χ1) is 21.9. The summed E-state index contributed by atoms with van der Waals surface area (Å²) in [7, 11) is 4.13. The van der Waals surface area contributed by atoms with Crippen LogP contribution in [-0.2, 0) is 33.5 Å². The van der Waals surface area contributed by atoms with Crippen LogP contribution in [0.2, 0.25) is 0 Å². The third kappa shape index (κ3) is 4.59. The Morgan fingerprint density at radius 1 is 0.766 bits per heavy atom. The van der Waals surface area contributed by atoms with Crippen LogP contribution in [0.15, 0.2) is 78.1 Å². The predicted molar refractivity (Wildman–Crippen MR) is 187 cm³/mol. The minimum atomic E-state index is 0. The van der Waals surface area contributed by atoms with Crippen LogP contribution in [0.25, 0.3) is 33.2 Å². The molecular weight excluding hydrogens is 760 g/mol. The fourth-order valence-corrected chi connectivity index (χ4v) is 6.94. The molecule has 6 aromatic rings. The summed E-state index contributed by atoms with van der Waals surface area (Å²) < 4.78 is 6.57. The molecule has 2 aliphatic heterocycles. The van der Waals surface area contributed by atoms with E-state index in [1.807, 2.05) is 11.6 Å². The molecule has 0 N–H and O–H groups in total. The molecule has 0 aliphatic carbocycles. The molecule has 0 fully saturated rings. The van der Waals surface area contributed by atoms with E-state index < -0.39 is 0 Å². The van der Waals surface area contributed by atoms with Gasteiger partial charge in [0.15, 0.2) is 0 Å². The monoisotopic (exact) mass is 798 g/mol. The minimum Gasteiger partial charge on any atom is -0.508 e. The van der Waals surface area contributed by atoms with Gasteiger partial charge in [-0.15, -0.1) is 30.0 Å². The fraction of sp³-hybridized carbons (Fsp3) is 0.250. The van der Waals surface area contributed by atoms with Crippen molar-refractivity contribution in [3.05, 3.63) is 120 Å². The Morgan fingerprint density at radius 3 is 2.19 bits per heavy atom. The Kier molecular flexibility index (Phi) is 7.25. The Balaban J connectivity index is 0.00000351. The van der Waals surface area contributed by atoms with Gasteiger partial charge in [0, 0.05) is 33.4 Å². The molecule has 238 valence electrons. The van der Waals surface area contributed by atoms with E-state index in [1.165, 1.54) is 44.5 Å². The van der Waals surface area contributed by atoms with Crippen molar-refractivity contribution in [1.29, 1.82) is 0 Å². The zero-order valence-corrected chi connectivity index (χ0v) is 30.7. The van der Waals surface area contributed by atoms with E-state index >= 15 is 0 Å². The van der Waals surface area contributed by atoms with Gasteiger partial charge in [-0.25, -0.2) is 0 Å². The smallest absolute Gasteiger partial charge is 0.508 e. The molecule has 0 unspecified atom stereocenters. The molecule has 0 amide bonds. The van der Waals surface area contributed by atoms with E-state index in [0.29, 0.717) is 0 Å². The molecule has 47 heavy (non-hydrogen) atoms. The number of hydrogen-bond acceptors (Lipinski definition) is 3. The molecule has 0 spiro atoms. The van der Waals surface area contributed by atoms with Gasteiger partial charge in [0.05, 0.1) is 18.3 Å². The number of allylic oxidation sites excluding steroid dienone is 2.